The van der Waals surface area contributed by atoms with Gasteiger partial charge in [-0.05, 0) is 30.5 Å². The minimum Gasteiger partial charge on any atom is -0.306 e. The Balaban J connectivity index is 1.74. The molecule has 0 amide bonds. The highest BCUT2D eigenvalue weighted by atomic mass is 35.5. The van der Waals surface area contributed by atoms with Crippen molar-refractivity contribution >= 4 is 23.4 Å². The molecule has 3 rings (SSSR count). The van der Waals surface area contributed by atoms with Gasteiger partial charge in [-0.2, -0.15) is 0 Å². The van der Waals surface area contributed by atoms with Crippen molar-refractivity contribution in [3.05, 3.63) is 40.4 Å². The number of nitrogens with zero attached hydrogens (tertiary/aromatic N) is 3. The molecule has 2 aromatic rings. The Morgan fingerprint density at radius 2 is 2.15 bits per heavy atom. The lowest BCUT2D eigenvalue weighted by molar-refractivity contribution is 0.591. The van der Waals surface area contributed by atoms with Gasteiger partial charge in [0.25, 0.3) is 0 Å². The second-order valence-electron chi connectivity index (χ2n) is 4.89. The first kappa shape index (κ1) is 13.9. The van der Waals surface area contributed by atoms with E-state index in [1.54, 1.807) is 17.8 Å². The first-order chi connectivity index (χ1) is 9.74. The molecule has 0 saturated carbocycles. The van der Waals surface area contributed by atoms with Crippen molar-refractivity contribution in [3.8, 4) is 0 Å². The van der Waals surface area contributed by atoms with Crippen LogP contribution in [0.25, 0.3) is 0 Å². The molecule has 0 bridgehead atoms. The molecular formula is C14H15ClFN3S. The van der Waals surface area contributed by atoms with E-state index < -0.39 is 0 Å². The molecule has 3 nitrogen and oxygen atoms in total. The summed E-state index contributed by atoms with van der Waals surface area (Å²) >= 11 is 7.65. The van der Waals surface area contributed by atoms with Crippen LogP contribution < -0.4 is 0 Å². The van der Waals surface area contributed by atoms with E-state index in [1.165, 1.54) is 31.4 Å². The number of hydrogen-bond acceptors (Lipinski definition) is 3. The van der Waals surface area contributed by atoms with E-state index in [9.17, 15) is 4.39 Å². The van der Waals surface area contributed by atoms with Crippen molar-refractivity contribution in [1.82, 2.24) is 14.8 Å². The largest absolute Gasteiger partial charge is 0.306 e. The number of aryl methyl sites for hydroxylation is 1. The fourth-order valence-corrected chi connectivity index (χ4v) is 3.65. The molecule has 0 spiro atoms. The Bertz CT molecular complexity index is 614. The fourth-order valence-electron chi connectivity index (χ4n) is 2.35. The van der Waals surface area contributed by atoms with Crippen LogP contribution in [0.4, 0.5) is 4.39 Å². The zero-order valence-electron chi connectivity index (χ0n) is 11.0. The summed E-state index contributed by atoms with van der Waals surface area (Å²) in [5.41, 5.74) is 0.920. The Morgan fingerprint density at radius 3 is 3.00 bits per heavy atom. The summed E-state index contributed by atoms with van der Waals surface area (Å²) in [5.74, 6) is 1.45. The zero-order chi connectivity index (χ0) is 13.9. The van der Waals surface area contributed by atoms with Crippen LogP contribution in [0.15, 0.2) is 23.4 Å². The molecule has 6 heteroatoms. The molecule has 0 atom stereocenters. The summed E-state index contributed by atoms with van der Waals surface area (Å²) in [4.78, 5) is 0. The number of thioether (sulfide) groups is 1. The molecule has 1 aromatic carbocycles. The number of aromatic nitrogens is 3. The third-order valence-electron chi connectivity index (χ3n) is 3.45. The molecule has 0 fully saturated rings. The van der Waals surface area contributed by atoms with E-state index in [1.807, 2.05) is 0 Å². The molecule has 0 aliphatic carbocycles. The van der Waals surface area contributed by atoms with Gasteiger partial charge in [0, 0.05) is 23.7 Å². The molecule has 0 unspecified atom stereocenters. The number of benzene rings is 1. The van der Waals surface area contributed by atoms with Crippen LogP contribution in [-0.2, 0) is 18.7 Å². The highest BCUT2D eigenvalue weighted by molar-refractivity contribution is 7.98. The molecule has 1 aliphatic heterocycles. The van der Waals surface area contributed by atoms with Crippen LogP contribution in [0.2, 0.25) is 5.02 Å². The predicted molar refractivity (Wildman–Crippen MR) is 78.5 cm³/mol. The molecule has 2 heterocycles. The number of fused-ring (bicyclic) bond motifs is 1. The average Bonchev–Trinajstić information content (AvgIpc) is 2.66. The average molecular weight is 312 g/mol. The van der Waals surface area contributed by atoms with Gasteiger partial charge in [-0.15, -0.1) is 10.2 Å². The topological polar surface area (TPSA) is 30.7 Å². The number of hydrogen-bond donors (Lipinski definition) is 0. The van der Waals surface area contributed by atoms with Crippen molar-refractivity contribution in [2.75, 3.05) is 0 Å². The van der Waals surface area contributed by atoms with Crippen molar-refractivity contribution < 1.29 is 4.39 Å². The van der Waals surface area contributed by atoms with Crippen LogP contribution in [0.3, 0.4) is 0 Å². The third-order valence-corrected chi connectivity index (χ3v) is 4.81. The monoisotopic (exact) mass is 311 g/mol. The van der Waals surface area contributed by atoms with Crippen molar-refractivity contribution in [1.29, 1.82) is 0 Å². The Morgan fingerprint density at radius 1 is 1.25 bits per heavy atom. The fraction of sp³-hybridized carbons (Fsp3) is 0.429. The van der Waals surface area contributed by atoms with E-state index in [4.69, 9.17) is 11.6 Å². The third kappa shape index (κ3) is 2.99. The lowest BCUT2D eigenvalue weighted by Crippen LogP contribution is -2.02. The van der Waals surface area contributed by atoms with Gasteiger partial charge in [0.2, 0.25) is 0 Å². The van der Waals surface area contributed by atoms with Gasteiger partial charge in [0.1, 0.15) is 11.6 Å². The van der Waals surface area contributed by atoms with Crippen LogP contribution in [0, 0.1) is 5.82 Å². The van der Waals surface area contributed by atoms with Crippen molar-refractivity contribution in [2.24, 2.45) is 0 Å². The van der Waals surface area contributed by atoms with Gasteiger partial charge in [-0.3, -0.25) is 0 Å². The van der Waals surface area contributed by atoms with Gasteiger partial charge >= 0.3 is 0 Å². The lowest BCUT2D eigenvalue weighted by atomic mass is 10.2. The van der Waals surface area contributed by atoms with E-state index >= 15 is 0 Å². The molecule has 0 saturated heterocycles. The first-order valence-electron chi connectivity index (χ1n) is 6.73. The second kappa shape index (κ2) is 6.14. The van der Waals surface area contributed by atoms with Gasteiger partial charge in [-0.1, -0.05) is 35.9 Å². The van der Waals surface area contributed by atoms with Crippen LogP contribution in [0.1, 0.15) is 30.7 Å². The van der Waals surface area contributed by atoms with Crippen molar-refractivity contribution in [3.63, 3.8) is 0 Å². The molecule has 106 valence electrons. The smallest absolute Gasteiger partial charge is 0.191 e. The van der Waals surface area contributed by atoms with Crippen LogP contribution in [-0.4, -0.2) is 14.8 Å². The zero-order valence-corrected chi connectivity index (χ0v) is 12.6. The Hall–Kier alpha value is -1.07. The van der Waals surface area contributed by atoms with Crippen molar-refractivity contribution in [2.45, 2.75) is 43.1 Å². The van der Waals surface area contributed by atoms with Crippen LogP contribution >= 0.6 is 23.4 Å². The molecule has 20 heavy (non-hydrogen) atoms. The van der Waals surface area contributed by atoms with Gasteiger partial charge in [-0.25, -0.2) is 4.39 Å². The predicted octanol–water partition coefficient (Wildman–Crippen LogP) is 4.09. The van der Waals surface area contributed by atoms with Gasteiger partial charge in [0.05, 0.1) is 0 Å². The molecule has 1 aromatic heterocycles. The van der Waals surface area contributed by atoms with E-state index in [0.29, 0.717) is 10.8 Å². The molecule has 1 aliphatic rings. The number of rotatable bonds is 3. The van der Waals surface area contributed by atoms with Gasteiger partial charge in [0.15, 0.2) is 5.16 Å². The maximum absolute atomic E-state index is 13.0. The molecule has 0 radical (unpaired) electrons. The summed E-state index contributed by atoms with van der Waals surface area (Å²) in [6, 6.07) is 4.51. The van der Waals surface area contributed by atoms with E-state index in [-0.39, 0.29) is 5.82 Å². The van der Waals surface area contributed by atoms with Gasteiger partial charge < -0.3 is 4.57 Å². The van der Waals surface area contributed by atoms with Crippen LogP contribution in [0.5, 0.6) is 0 Å². The molecular weight excluding hydrogens is 297 g/mol. The second-order valence-corrected chi connectivity index (χ2v) is 6.24. The maximum Gasteiger partial charge on any atom is 0.191 e. The summed E-state index contributed by atoms with van der Waals surface area (Å²) in [6.45, 7) is 0.988. The Kier molecular flexibility index (Phi) is 4.27. The minimum absolute atomic E-state index is 0.305. The molecule has 0 N–H and O–H groups in total. The lowest BCUT2D eigenvalue weighted by Gasteiger charge is -2.07. The summed E-state index contributed by atoms with van der Waals surface area (Å²) in [6.07, 6.45) is 4.62. The highest BCUT2D eigenvalue weighted by Crippen LogP contribution is 2.28. The Labute approximate surface area is 126 Å². The quantitative estimate of drug-likeness (QED) is 0.800. The summed E-state index contributed by atoms with van der Waals surface area (Å²) < 4.78 is 15.2. The normalized spacial score (nSPS) is 14.9. The minimum atomic E-state index is -0.305. The summed E-state index contributed by atoms with van der Waals surface area (Å²) in [7, 11) is 0. The van der Waals surface area contributed by atoms with E-state index in [0.717, 1.165) is 29.5 Å². The number of halogens is 2. The highest BCUT2D eigenvalue weighted by Gasteiger charge is 2.15. The maximum atomic E-state index is 13.0. The summed E-state index contributed by atoms with van der Waals surface area (Å²) in [5, 5.41) is 9.92. The van der Waals surface area contributed by atoms with E-state index in [2.05, 4.69) is 14.8 Å². The first-order valence-corrected chi connectivity index (χ1v) is 8.09. The SMILES string of the molecule is Fc1ccc(CSc2nnc3n2CCCCC3)c(Cl)c1. The standard InChI is InChI=1S/C14H15ClFN3S/c15-12-8-11(16)6-5-10(12)9-20-14-18-17-13-4-2-1-3-7-19(13)14/h5-6,8H,1-4,7,9H2.